The SMILES string of the molecule is Cc1ccc(C)c(CC(C)CCNC2CC2)c1. The first-order valence-corrected chi connectivity index (χ1v) is 6.94. The second kappa shape index (κ2) is 5.68. The quantitative estimate of drug-likeness (QED) is 0.788. The van der Waals surface area contributed by atoms with E-state index in [0.29, 0.717) is 0 Å². The Labute approximate surface area is 106 Å². The van der Waals surface area contributed by atoms with Gasteiger partial charge in [0.1, 0.15) is 0 Å². The van der Waals surface area contributed by atoms with Gasteiger partial charge in [-0.25, -0.2) is 0 Å². The second-order valence-electron chi connectivity index (χ2n) is 5.76. The number of hydrogen-bond acceptors (Lipinski definition) is 1. The van der Waals surface area contributed by atoms with Crippen LogP contribution in [0.4, 0.5) is 0 Å². The molecule has 1 unspecified atom stereocenters. The van der Waals surface area contributed by atoms with Gasteiger partial charge in [-0.3, -0.25) is 0 Å². The van der Waals surface area contributed by atoms with Crippen LogP contribution in [0.25, 0.3) is 0 Å². The Hall–Kier alpha value is -0.820. The van der Waals surface area contributed by atoms with Crippen LogP contribution in [-0.2, 0) is 6.42 Å². The fourth-order valence-electron chi connectivity index (χ4n) is 2.32. The van der Waals surface area contributed by atoms with E-state index in [1.807, 2.05) is 0 Å². The molecule has 1 nitrogen and oxygen atoms in total. The fraction of sp³-hybridized carbons (Fsp3) is 0.625. The van der Waals surface area contributed by atoms with Gasteiger partial charge in [0, 0.05) is 6.04 Å². The van der Waals surface area contributed by atoms with Gasteiger partial charge in [-0.05, 0) is 63.1 Å². The van der Waals surface area contributed by atoms with Crippen molar-refractivity contribution >= 4 is 0 Å². The van der Waals surface area contributed by atoms with Crippen molar-refractivity contribution in [2.45, 2.75) is 52.5 Å². The summed E-state index contributed by atoms with van der Waals surface area (Å²) in [6, 6.07) is 7.65. The topological polar surface area (TPSA) is 12.0 Å². The summed E-state index contributed by atoms with van der Waals surface area (Å²) in [6.07, 6.45) is 5.31. The van der Waals surface area contributed by atoms with Crippen LogP contribution in [0.2, 0.25) is 0 Å². The summed E-state index contributed by atoms with van der Waals surface area (Å²) in [5.41, 5.74) is 4.36. The van der Waals surface area contributed by atoms with E-state index in [9.17, 15) is 0 Å². The van der Waals surface area contributed by atoms with Crippen LogP contribution in [0.1, 0.15) is 42.9 Å². The lowest BCUT2D eigenvalue weighted by Crippen LogP contribution is -2.20. The molecular weight excluding hydrogens is 206 g/mol. The Morgan fingerprint density at radius 1 is 1.29 bits per heavy atom. The minimum Gasteiger partial charge on any atom is -0.314 e. The second-order valence-corrected chi connectivity index (χ2v) is 5.76. The summed E-state index contributed by atoms with van der Waals surface area (Å²) in [4.78, 5) is 0. The van der Waals surface area contributed by atoms with Crippen molar-refractivity contribution in [3.8, 4) is 0 Å². The fourth-order valence-corrected chi connectivity index (χ4v) is 2.32. The normalized spacial score (nSPS) is 17.1. The van der Waals surface area contributed by atoms with E-state index < -0.39 is 0 Å². The van der Waals surface area contributed by atoms with Crippen LogP contribution >= 0.6 is 0 Å². The molecule has 2 rings (SSSR count). The van der Waals surface area contributed by atoms with Gasteiger partial charge in [0.15, 0.2) is 0 Å². The van der Waals surface area contributed by atoms with E-state index in [0.717, 1.165) is 12.0 Å². The first-order valence-electron chi connectivity index (χ1n) is 6.94. The van der Waals surface area contributed by atoms with E-state index in [4.69, 9.17) is 0 Å². The van der Waals surface area contributed by atoms with E-state index in [-0.39, 0.29) is 0 Å². The van der Waals surface area contributed by atoms with Crippen molar-refractivity contribution in [3.05, 3.63) is 34.9 Å². The van der Waals surface area contributed by atoms with Crippen LogP contribution in [0.15, 0.2) is 18.2 Å². The van der Waals surface area contributed by atoms with Crippen LogP contribution < -0.4 is 5.32 Å². The standard InChI is InChI=1S/C16H25N/c1-12-4-5-14(3)15(10-12)11-13(2)8-9-17-16-6-7-16/h4-5,10,13,16-17H,6-9,11H2,1-3H3. The minimum atomic E-state index is 0.779. The Bertz CT molecular complexity index is 366. The van der Waals surface area contributed by atoms with Crippen molar-refractivity contribution in [3.63, 3.8) is 0 Å². The molecule has 1 heteroatoms. The molecule has 1 aromatic rings. The molecule has 17 heavy (non-hydrogen) atoms. The summed E-state index contributed by atoms with van der Waals surface area (Å²) in [5.74, 6) is 0.779. The van der Waals surface area contributed by atoms with E-state index in [2.05, 4.69) is 44.3 Å². The third-order valence-electron chi connectivity index (χ3n) is 3.72. The van der Waals surface area contributed by atoms with E-state index in [1.54, 1.807) is 0 Å². The molecule has 0 bridgehead atoms. The molecule has 0 amide bonds. The number of rotatable bonds is 6. The molecule has 0 aliphatic heterocycles. The lowest BCUT2D eigenvalue weighted by molar-refractivity contribution is 0.496. The highest BCUT2D eigenvalue weighted by molar-refractivity contribution is 5.30. The molecule has 1 N–H and O–H groups in total. The van der Waals surface area contributed by atoms with Gasteiger partial charge in [-0.1, -0.05) is 30.7 Å². The third kappa shape index (κ3) is 4.16. The lowest BCUT2D eigenvalue weighted by Gasteiger charge is -2.14. The zero-order chi connectivity index (χ0) is 12.3. The number of aryl methyl sites for hydroxylation is 2. The maximum Gasteiger partial charge on any atom is 0.00682 e. The zero-order valence-electron chi connectivity index (χ0n) is 11.4. The third-order valence-corrected chi connectivity index (χ3v) is 3.72. The molecule has 1 fully saturated rings. The van der Waals surface area contributed by atoms with Gasteiger partial charge in [0.25, 0.3) is 0 Å². The van der Waals surface area contributed by atoms with Gasteiger partial charge in [0.05, 0.1) is 0 Å². The lowest BCUT2D eigenvalue weighted by atomic mass is 9.94. The van der Waals surface area contributed by atoms with Crippen LogP contribution in [0.5, 0.6) is 0 Å². The molecule has 1 saturated carbocycles. The first kappa shape index (κ1) is 12.6. The summed E-state index contributed by atoms with van der Waals surface area (Å²) < 4.78 is 0. The molecule has 0 aromatic heterocycles. The first-order chi connectivity index (χ1) is 8.15. The van der Waals surface area contributed by atoms with Gasteiger partial charge in [0.2, 0.25) is 0 Å². The Morgan fingerprint density at radius 3 is 2.76 bits per heavy atom. The van der Waals surface area contributed by atoms with Crippen molar-refractivity contribution in [2.75, 3.05) is 6.54 Å². The molecular formula is C16H25N. The van der Waals surface area contributed by atoms with Crippen LogP contribution in [-0.4, -0.2) is 12.6 Å². The smallest absolute Gasteiger partial charge is 0.00682 e. The molecule has 0 saturated heterocycles. The molecule has 1 aliphatic rings. The highest BCUT2D eigenvalue weighted by Gasteiger charge is 2.19. The molecule has 0 heterocycles. The van der Waals surface area contributed by atoms with Gasteiger partial charge in [-0.15, -0.1) is 0 Å². The number of benzene rings is 1. The number of nitrogens with one attached hydrogen (secondary N) is 1. The van der Waals surface area contributed by atoms with Crippen LogP contribution in [0.3, 0.4) is 0 Å². The summed E-state index contributed by atoms with van der Waals surface area (Å²) in [7, 11) is 0. The van der Waals surface area contributed by atoms with Crippen molar-refractivity contribution in [2.24, 2.45) is 5.92 Å². The van der Waals surface area contributed by atoms with Crippen molar-refractivity contribution in [1.29, 1.82) is 0 Å². The molecule has 94 valence electrons. The highest BCUT2D eigenvalue weighted by Crippen LogP contribution is 2.20. The summed E-state index contributed by atoms with van der Waals surface area (Å²) in [5, 5.41) is 3.60. The summed E-state index contributed by atoms with van der Waals surface area (Å²) in [6.45, 7) is 7.97. The maximum atomic E-state index is 3.60. The van der Waals surface area contributed by atoms with Crippen LogP contribution in [0, 0.1) is 19.8 Å². The van der Waals surface area contributed by atoms with Crippen molar-refractivity contribution < 1.29 is 0 Å². The maximum absolute atomic E-state index is 3.60. The largest absolute Gasteiger partial charge is 0.314 e. The predicted molar refractivity (Wildman–Crippen MR) is 74.4 cm³/mol. The molecule has 1 aliphatic carbocycles. The molecule has 0 radical (unpaired) electrons. The average molecular weight is 231 g/mol. The highest BCUT2D eigenvalue weighted by atomic mass is 14.9. The van der Waals surface area contributed by atoms with Gasteiger partial charge in [-0.2, -0.15) is 0 Å². The van der Waals surface area contributed by atoms with E-state index in [1.165, 1.54) is 48.9 Å². The van der Waals surface area contributed by atoms with Gasteiger partial charge < -0.3 is 5.32 Å². The zero-order valence-corrected chi connectivity index (χ0v) is 11.4. The molecule has 0 spiro atoms. The number of hydrogen-bond donors (Lipinski definition) is 1. The molecule has 1 atom stereocenters. The Balaban J connectivity index is 1.79. The Kier molecular flexibility index (Phi) is 4.22. The average Bonchev–Trinajstić information content (AvgIpc) is 3.07. The monoisotopic (exact) mass is 231 g/mol. The predicted octanol–water partition coefficient (Wildman–Crippen LogP) is 3.62. The minimum absolute atomic E-state index is 0.779. The van der Waals surface area contributed by atoms with E-state index >= 15 is 0 Å². The Morgan fingerprint density at radius 2 is 2.06 bits per heavy atom. The van der Waals surface area contributed by atoms with Gasteiger partial charge >= 0.3 is 0 Å². The molecule has 1 aromatic carbocycles. The van der Waals surface area contributed by atoms with Crippen molar-refractivity contribution in [1.82, 2.24) is 5.32 Å². The summed E-state index contributed by atoms with van der Waals surface area (Å²) >= 11 is 0.